The number of carbonyl (C=O) groups excluding carboxylic acids is 1. The first-order valence-corrected chi connectivity index (χ1v) is 6.92. The number of hydrogen-bond donors (Lipinski definition) is 2. The van der Waals surface area contributed by atoms with Crippen molar-refractivity contribution in [1.29, 1.82) is 0 Å². The standard InChI is InChI=1S/C14H28N2O/c1-11(10-15)6-7-13(17)16-12-5-4-8-14(2,3)9-12/h11-12H,4-10,15H2,1-3H3,(H,16,17). The molecule has 2 unspecified atom stereocenters. The highest BCUT2D eigenvalue weighted by atomic mass is 16.1. The molecule has 17 heavy (non-hydrogen) atoms. The van der Waals surface area contributed by atoms with E-state index in [0.717, 1.165) is 19.3 Å². The van der Waals surface area contributed by atoms with Crippen LogP contribution in [0.5, 0.6) is 0 Å². The Kier molecular flexibility index (Phi) is 5.44. The van der Waals surface area contributed by atoms with Crippen LogP contribution in [0.2, 0.25) is 0 Å². The van der Waals surface area contributed by atoms with Crippen molar-refractivity contribution in [2.24, 2.45) is 17.1 Å². The van der Waals surface area contributed by atoms with Gasteiger partial charge in [-0.05, 0) is 43.6 Å². The second-order valence-corrected chi connectivity index (χ2v) is 6.40. The monoisotopic (exact) mass is 240 g/mol. The number of nitrogens with one attached hydrogen (secondary N) is 1. The molecule has 0 spiro atoms. The van der Waals surface area contributed by atoms with Crippen molar-refractivity contribution in [3.63, 3.8) is 0 Å². The SMILES string of the molecule is CC(CN)CCC(=O)NC1CCCC(C)(C)C1. The zero-order valence-electron chi connectivity index (χ0n) is 11.6. The minimum atomic E-state index is 0.202. The Labute approximate surface area is 106 Å². The van der Waals surface area contributed by atoms with Crippen LogP contribution in [0.25, 0.3) is 0 Å². The van der Waals surface area contributed by atoms with E-state index in [1.165, 1.54) is 12.8 Å². The van der Waals surface area contributed by atoms with Gasteiger partial charge in [-0.1, -0.05) is 27.2 Å². The quantitative estimate of drug-likeness (QED) is 0.775. The van der Waals surface area contributed by atoms with Gasteiger partial charge in [-0.25, -0.2) is 0 Å². The molecule has 0 aliphatic heterocycles. The maximum absolute atomic E-state index is 11.8. The first-order chi connectivity index (χ1) is 7.93. The van der Waals surface area contributed by atoms with E-state index in [4.69, 9.17) is 5.73 Å². The molecular formula is C14H28N2O. The summed E-state index contributed by atoms with van der Waals surface area (Å²) in [5.41, 5.74) is 5.94. The number of carbonyl (C=O) groups is 1. The zero-order valence-corrected chi connectivity index (χ0v) is 11.6. The lowest BCUT2D eigenvalue weighted by molar-refractivity contribution is -0.122. The predicted molar refractivity (Wildman–Crippen MR) is 71.6 cm³/mol. The van der Waals surface area contributed by atoms with Crippen molar-refractivity contribution in [2.75, 3.05) is 6.54 Å². The lowest BCUT2D eigenvalue weighted by atomic mass is 9.75. The maximum atomic E-state index is 11.8. The van der Waals surface area contributed by atoms with E-state index < -0.39 is 0 Å². The largest absolute Gasteiger partial charge is 0.353 e. The Morgan fingerprint density at radius 2 is 2.24 bits per heavy atom. The summed E-state index contributed by atoms with van der Waals surface area (Å²) < 4.78 is 0. The fourth-order valence-corrected chi connectivity index (χ4v) is 2.62. The van der Waals surface area contributed by atoms with Gasteiger partial charge in [0.05, 0.1) is 0 Å². The summed E-state index contributed by atoms with van der Waals surface area (Å²) in [6, 6.07) is 0.388. The lowest BCUT2D eigenvalue weighted by Gasteiger charge is -2.35. The number of amides is 1. The van der Waals surface area contributed by atoms with Crippen LogP contribution in [-0.2, 0) is 4.79 Å². The van der Waals surface area contributed by atoms with Gasteiger partial charge in [0.25, 0.3) is 0 Å². The molecule has 3 nitrogen and oxygen atoms in total. The van der Waals surface area contributed by atoms with E-state index in [1.807, 2.05) is 0 Å². The summed E-state index contributed by atoms with van der Waals surface area (Å²) in [6.07, 6.45) is 6.29. The number of nitrogens with two attached hydrogens (primary N) is 1. The Morgan fingerprint density at radius 1 is 1.53 bits per heavy atom. The molecule has 0 aromatic rings. The average molecular weight is 240 g/mol. The predicted octanol–water partition coefficient (Wildman–Crippen LogP) is 2.45. The van der Waals surface area contributed by atoms with Crippen LogP contribution in [0.1, 0.15) is 59.3 Å². The molecular weight excluding hydrogens is 212 g/mol. The third-order valence-electron chi connectivity index (χ3n) is 3.84. The molecule has 0 aromatic carbocycles. The molecule has 1 aliphatic carbocycles. The zero-order chi connectivity index (χ0) is 12.9. The lowest BCUT2D eigenvalue weighted by Crippen LogP contribution is -2.40. The van der Waals surface area contributed by atoms with Crippen molar-refractivity contribution in [2.45, 2.75) is 65.3 Å². The molecule has 0 bridgehead atoms. The molecule has 1 rings (SSSR count). The van der Waals surface area contributed by atoms with Crippen LogP contribution in [0, 0.1) is 11.3 Å². The van der Waals surface area contributed by atoms with Gasteiger partial charge in [0.2, 0.25) is 5.91 Å². The molecule has 1 aliphatic rings. The second-order valence-electron chi connectivity index (χ2n) is 6.40. The smallest absolute Gasteiger partial charge is 0.220 e. The van der Waals surface area contributed by atoms with Crippen LogP contribution in [0.4, 0.5) is 0 Å². The van der Waals surface area contributed by atoms with E-state index >= 15 is 0 Å². The highest BCUT2D eigenvalue weighted by molar-refractivity contribution is 5.76. The van der Waals surface area contributed by atoms with Crippen molar-refractivity contribution >= 4 is 5.91 Å². The third kappa shape index (κ3) is 5.53. The van der Waals surface area contributed by atoms with Gasteiger partial charge < -0.3 is 11.1 Å². The van der Waals surface area contributed by atoms with E-state index in [1.54, 1.807) is 0 Å². The molecule has 1 amide bonds. The van der Waals surface area contributed by atoms with Crippen LogP contribution in [0.3, 0.4) is 0 Å². The molecule has 0 heterocycles. The van der Waals surface area contributed by atoms with Gasteiger partial charge in [-0.3, -0.25) is 4.79 Å². The fraction of sp³-hybridized carbons (Fsp3) is 0.929. The number of hydrogen-bond acceptors (Lipinski definition) is 2. The number of rotatable bonds is 5. The second kappa shape index (κ2) is 6.39. The van der Waals surface area contributed by atoms with Gasteiger partial charge in [-0.15, -0.1) is 0 Å². The van der Waals surface area contributed by atoms with Gasteiger partial charge in [0, 0.05) is 12.5 Å². The maximum Gasteiger partial charge on any atom is 0.220 e. The average Bonchev–Trinajstić information content (AvgIpc) is 2.24. The Balaban J connectivity index is 2.26. The minimum Gasteiger partial charge on any atom is -0.353 e. The molecule has 100 valence electrons. The molecule has 0 aromatic heterocycles. The molecule has 2 atom stereocenters. The van der Waals surface area contributed by atoms with Crippen molar-refractivity contribution < 1.29 is 4.79 Å². The normalized spacial score (nSPS) is 25.3. The van der Waals surface area contributed by atoms with Gasteiger partial charge >= 0.3 is 0 Å². The van der Waals surface area contributed by atoms with Gasteiger partial charge in [0.1, 0.15) is 0 Å². The van der Waals surface area contributed by atoms with Gasteiger partial charge in [0.15, 0.2) is 0 Å². The summed E-state index contributed by atoms with van der Waals surface area (Å²) in [6.45, 7) is 7.35. The van der Waals surface area contributed by atoms with Crippen LogP contribution in [-0.4, -0.2) is 18.5 Å². The Hall–Kier alpha value is -0.570. The summed E-state index contributed by atoms with van der Waals surface area (Å²) in [4.78, 5) is 11.8. The Bertz CT molecular complexity index is 251. The van der Waals surface area contributed by atoms with Crippen molar-refractivity contribution in [1.82, 2.24) is 5.32 Å². The molecule has 0 saturated heterocycles. The van der Waals surface area contributed by atoms with Crippen LogP contribution >= 0.6 is 0 Å². The highest BCUT2D eigenvalue weighted by Crippen LogP contribution is 2.35. The Morgan fingerprint density at radius 3 is 2.82 bits per heavy atom. The summed E-state index contributed by atoms with van der Waals surface area (Å²) in [5, 5.41) is 3.17. The summed E-state index contributed by atoms with van der Waals surface area (Å²) >= 11 is 0. The van der Waals surface area contributed by atoms with E-state index in [-0.39, 0.29) is 5.91 Å². The fourth-order valence-electron chi connectivity index (χ4n) is 2.62. The molecule has 1 fully saturated rings. The van der Waals surface area contributed by atoms with E-state index in [2.05, 4.69) is 26.1 Å². The van der Waals surface area contributed by atoms with Crippen molar-refractivity contribution in [3.05, 3.63) is 0 Å². The van der Waals surface area contributed by atoms with E-state index in [9.17, 15) is 4.79 Å². The molecule has 1 saturated carbocycles. The molecule has 3 heteroatoms. The third-order valence-corrected chi connectivity index (χ3v) is 3.84. The van der Waals surface area contributed by atoms with Crippen LogP contribution < -0.4 is 11.1 Å². The summed E-state index contributed by atoms with van der Waals surface area (Å²) in [5.74, 6) is 0.650. The van der Waals surface area contributed by atoms with E-state index in [0.29, 0.717) is 30.3 Å². The van der Waals surface area contributed by atoms with Gasteiger partial charge in [-0.2, -0.15) is 0 Å². The first kappa shape index (κ1) is 14.5. The van der Waals surface area contributed by atoms with Crippen LogP contribution in [0.15, 0.2) is 0 Å². The van der Waals surface area contributed by atoms with Crippen molar-refractivity contribution in [3.8, 4) is 0 Å². The molecule has 3 N–H and O–H groups in total. The molecule has 0 radical (unpaired) electrons. The summed E-state index contributed by atoms with van der Waals surface area (Å²) in [7, 11) is 0. The first-order valence-electron chi connectivity index (χ1n) is 6.92. The topological polar surface area (TPSA) is 55.1 Å². The minimum absolute atomic E-state index is 0.202. The highest BCUT2D eigenvalue weighted by Gasteiger charge is 2.28.